The van der Waals surface area contributed by atoms with Crippen molar-refractivity contribution >= 4 is 40.7 Å². The Kier molecular flexibility index (Phi) is 16.2. The van der Waals surface area contributed by atoms with Crippen LogP contribution in [0.1, 0.15) is 69.2 Å². The van der Waals surface area contributed by atoms with E-state index in [1.807, 2.05) is 59.2 Å². The summed E-state index contributed by atoms with van der Waals surface area (Å²) >= 11 is 0. The van der Waals surface area contributed by atoms with Crippen molar-refractivity contribution in [2.45, 2.75) is 77.1 Å². The molecule has 15 nitrogen and oxygen atoms in total. The van der Waals surface area contributed by atoms with Crippen molar-refractivity contribution in [2.24, 2.45) is 0 Å². The Morgan fingerprint density at radius 3 is 2.12 bits per heavy atom. The number of aromatic nitrogens is 1. The molecule has 15 heteroatoms. The number of aliphatic carboxylic acids is 1. The molecule has 1 aliphatic rings. The fraction of sp³-hybridized carbons (Fsp3) is 0.444. The van der Waals surface area contributed by atoms with E-state index in [1.165, 1.54) is 5.01 Å². The number of carbonyl (C=O) groups excluding carboxylic acids is 4. The normalized spacial score (nSPS) is 12.8. The fourth-order valence-corrected chi connectivity index (χ4v) is 7.08. The van der Waals surface area contributed by atoms with Crippen LogP contribution in [0.4, 0.5) is 4.79 Å². The molecule has 0 spiro atoms. The number of nitrogens with one attached hydrogen (secondary N) is 2. The van der Waals surface area contributed by atoms with E-state index < -0.39 is 35.6 Å². The lowest BCUT2D eigenvalue weighted by atomic mass is 9.98. The lowest BCUT2D eigenvalue weighted by molar-refractivity contribution is -0.155. The van der Waals surface area contributed by atoms with Gasteiger partial charge in [0.25, 0.3) is 0 Å². The molecule has 1 atom stereocenters. The van der Waals surface area contributed by atoms with Crippen LogP contribution in [-0.4, -0.2) is 115 Å². The average molecular weight is 828 g/mol. The van der Waals surface area contributed by atoms with Crippen molar-refractivity contribution in [3.63, 3.8) is 0 Å². The zero-order valence-corrected chi connectivity index (χ0v) is 35.1. The second kappa shape index (κ2) is 21.5. The Labute approximate surface area is 350 Å². The lowest BCUT2D eigenvalue weighted by Crippen LogP contribution is -2.48. The van der Waals surface area contributed by atoms with Crippen LogP contribution in [0.3, 0.4) is 0 Å². The molecule has 322 valence electrons. The monoisotopic (exact) mass is 827 g/mol. The summed E-state index contributed by atoms with van der Waals surface area (Å²) in [4.78, 5) is 63.4. The van der Waals surface area contributed by atoms with Crippen molar-refractivity contribution in [2.75, 3.05) is 53.7 Å². The highest BCUT2D eigenvalue weighted by Crippen LogP contribution is 2.44. The smallest absolute Gasteiger partial charge is 0.424 e. The number of ether oxygens (including phenoxy) is 4. The Balaban J connectivity index is 1.17. The predicted octanol–water partition coefficient (Wildman–Crippen LogP) is 5.49. The van der Waals surface area contributed by atoms with Crippen LogP contribution in [0, 0.1) is 0 Å². The number of hydrogen-bond donors (Lipinski definition) is 3. The number of amides is 3. The maximum atomic E-state index is 13.5. The molecular weight excluding hydrogens is 771 g/mol. The van der Waals surface area contributed by atoms with Crippen molar-refractivity contribution in [1.29, 1.82) is 0 Å². The van der Waals surface area contributed by atoms with E-state index in [1.54, 1.807) is 39.9 Å². The van der Waals surface area contributed by atoms with E-state index >= 15 is 0 Å². The number of aryl methyl sites for hydroxylation is 1. The summed E-state index contributed by atoms with van der Waals surface area (Å²) in [6.07, 6.45) is -0.633. The van der Waals surface area contributed by atoms with E-state index in [4.69, 9.17) is 24.1 Å². The molecule has 3 aromatic carbocycles. The van der Waals surface area contributed by atoms with Crippen molar-refractivity contribution < 1.29 is 48.0 Å². The molecule has 0 radical (unpaired) electrons. The molecule has 0 saturated heterocycles. The second-order valence-corrected chi connectivity index (χ2v) is 15.6. The molecule has 5 rings (SSSR count). The first-order valence-corrected chi connectivity index (χ1v) is 20.2. The number of carboxylic acids is 1. The number of para-hydroxylation sites is 1. The van der Waals surface area contributed by atoms with Gasteiger partial charge in [-0.3, -0.25) is 19.2 Å². The second-order valence-electron chi connectivity index (χ2n) is 15.6. The average Bonchev–Trinajstić information content (AvgIpc) is 3.73. The Morgan fingerprint density at radius 2 is 1.45 bits per heavy atom. The van der Waals surface area contributed by atoms with Crippen LogP contribution < -0.4 is 10.6 Å². The summed E-state index contributed by atoms with van der Waals surface area (Å²) in [6.45, 7) is 6.87. The Morgan fingerprint density at radius 1 is 0.817 bits per heavy atom. The predicted molar refractivity (Wildman–Crippen MR) is 225 cm³/mol. The quantitative estimate of drug-likeness (QED) is 0.0519. The first-order chi connectivity index (χ1) is 28.7. The van der Waals surface area contributed by atoms with Gasteiger partial charge in [-0.25, -0.2) is 14.8 Å². The van der Waals surface area contributed by atoms with Gasteiger partial charge in [0, 0.05) is 57.2 Å². The van der Waals surface area contributed by atoms with Crippen LogP contribution >= 0.6 is 0 Å². The molecule has 4 aromatic rings. The SMILES string of the molecule is CN(Cc1cc2ccccc2n1CCC(=O)N[C@@H](CCC(=O)OC(C)(C)C)C(=O)NCCOCCOCCC(=O)O)N(C)C(=O)OCC1c2ccccc2-c2ccccc21. The zero-order valence-electron chi connectivity index (χ0n) is 35.1. The molecule has 3 N–H and O–H groups in total. The van der Waals surface area contributed by atoms with E-state index in [-0.39, 0.29) is 83.6 Å². The highest BCUT2D eigenvalue weighted by molar-refractivity contribution is 5.88. The van der Waals surface area contributed by atoms with Gasteiger partial charge in [-0.05, 0) is 67.0 Å². The highest BCUT2D eigenvalue weighted by Gasteiger charge is 2.30. The number of carboxylic acid groups (broad SMARTS) is 1. The van der Waals surface area contributed by atoms with Gasteiger partial charge in [0.1, 0.15) is 18.2 Å². The molecule has 1 aromatic heterocycles. The van der Waals surface area contributed by atoms with Gasteiger partial charge < -0.3 is 39.3 Å². The van der Waals surface area contributed by atoms with E-state index in [0.717, 1.165) is 38.9 Å². The minimum absolute atomic E-state index is 0.0233. The molecular formula is C45H57N5O10. The maximum absolute atomic E-state index is 13.5. The molecule has 0 saturated carbocycles. The third kappa shape index (κ3) is 12.9. The van der Waals surface area contributed by atoms with Crippen LogP contribution in [0.15, 0.2) is 78.9 Å². The van der Waals surface area contributed by atoms with Crippen LogP contribution in [0.25, 0.3) is 22.0 Å². The third-order valence-electron chi connectivity index (χ3n) is 10.0. The largest absolute Gasteiger partial charge is 0.481 e. The molecule has 60 heavy (non-hydrogen) atoms. The van der Waals surface area contributed by atoms with E-state index in [2.05, 4.69) is 34.9 Å². The topological polar surface area (TPSA) is 178 Å². The van der Waals surface area contributed by atoms with Crippen LogP contribution in [-0.2, 0) is 51.2 Å². The molecule has 1 heterocycles. The maximum Gasteiger partial charge on any atom is 0.424 e. The van der Waals surface area contributed by atoms with E-state index in [9.17, 15) is 24.0 Å². The zero-order chi connectivity index (χ0) is 43.2. The number of nitrogens with zero attached hydrogens (tertiary/aromatic N) is 3. The van der Waals surface area contributed by atoms with Crippen molar-refractivity contribution in [1.82, 2.24) is 25.2 Å². The van der Waals surface area contributed by atoms with Crippen LogP contribution in [0.5, 0.6) is 0 Å². The third-order valence-corrected chi connectivity index (χ3v) is 10.0. The number of hydrazine groups is 1. The lowest BCUT2D eigenvalue weighted by Gasteiger charge is -2.28. The highest BCUT2D eigenvalue weighted by atomic mass is 16.6. The van der Waals surface area contributed by atoms with Crippen molar-refractivity contribution in [3.8, 4) is 11.1 Å². The Bertz CT molecular complexity index is 2070. The number of benzene rings is 3. The summed E-state index contributed by atoms with van der Waals surface area (Å²) in [7, 11) is 3.46. The molecule has 0 aliphatic heterocycles. The molecule has 0 fully saturated rings. The number of hydrogen-bond acceptors (Lipinski definition) is 10. The number of fused-ring (bicyclic) bond motifs is 4. The van der Waals surface area contributed by atoms with Gasteiger partial charge in [0.15, 0.2) is 0 Å². The van der Waals surface area contributed by atoms with Gasteiger partial charge in [0.2, 0.25) is 11.8 Å². The van der Waals surface area contributed by atoms with Crippen molar-refractivity contribution in [3.05, 3.63) is 95.7 Å². The van der Waals surface area contributed by atoms with Gasteiger partial charge in [-0.2, -0.15) is 0 Å². The minimum atomic E-state index is -1.01. The van der Waals surface area contributed by atoms with Crippen LogP contribution in [0.2, 0.25) is 0 Å². The molecule has 0 unspecified atom stereocenters. The molecule has 1 aliphatic carbocycles. The first-order valence-electron chi connectivity index (χ1n) is 20.2. The van der Waals surface area contributed by atoms with Gasteiger partial charge in [0.05, 0.1) is 39.4 Å². The summed E-state index contributed by atoms with van der Waals surface area (Å²) in [5.74, 6) is -2.37. The summed E-state index contributed by atoms with van der Waals surface area (Å²) < 4.78 is 24.0. The first kappa shape index (κ1) is 45.3. The number of carbonyl (C=O) groups is 5. The van der Waals surface area contributed by atoms with E-state index in [0.29, 0.717) is 6.54 Å². The number of rotatable bonds is 22. The van der Waals surface area contributed by atoms with Gasteiger partial charge in [-0.15, -0.1) is 0 Å². The van der Waals surface area contributed by atoms with Gasteiger partial charge in [-0.1, -0.05) is 66.7 Å². The summed E-state index contributed by atoms with van der Waals surface area (Å²) in [5.41, 5.74) is 5.62. The standard InChI is InChI=1S/C45H57N5O10/c1-45(2,3)60-42(54)19-18-38(43(55)46-22-25-58-27-26-57-24-21-41(52)53)47-40(51)20-23-50-32(28-31-12-6-11-17-39(31)50)29-48(4)49(5)44(56)59-30-37-35-15-9-7-13-33(35)34-14-8-10-16-36(34)37/h6-17,28,37-38H,18-27,29-30H2,1-5H3,(H,46,55)(H,47,51)(H,52,53)/t38-/m0/s1. The fourth-order valence-electron chi connectivity index (χ4n) is 7.08. The van der Waals surface area contributed by atoms with Gasteiger partial charge >= 0.3 is 18.0 Å². The number of esters is 1. The Hall–Kier alpha value is -5.77. The minimum Gasteiger partial charge on any atom is -0.481 e. The summed E-state index contributed by atoms with van der Waals surface area (Å²) in [6, 6.07) is 25.2. The molecule has 0 bridgehead atoms. The summed E-state index contributed by atoms with van der Waals surface area (Å²) in [5, 5.41) is 18.4. The molecule has 3 amide bonds.